The van der Waals surface area contributed by atoms with Gasteiger partial charge in [-0.3, -0.25) is 0 Å². The summed E-state index contributed by atoms with van der Waals surface area (Å²) in [6.45, 7) is 7.37. The van der Waals surface area contributed by atoms with Gasteiger partial charge in [0.15, 0.2) is 0 Å². The van der Waals surface area contributed by atoms with Crippen LogP contribution in [0.4, 0.5) is 0 Å². The van der Waals surface area contributed by atoms with Crippen molar-refractivity contribution in [3.63, 3.8) is 0 Å². The molecule has 0 aliphatic rings. The van der Waals surface area contributed by atoms with Crippen molar-refractivity contribution >= 4 is 11.6 Å². The topological polar surface area (TPSA) is 9.23 Å². The largest absolute Gasteiger partial charge is 0.494 e. The van der Waals surface area contributed by atoms with Gasteiger partial charge in [0.05, 0.1) is 6.61 Å². The fourth-order valence-electron chi connectivity index (χ4n) is 1.01. The van der Waals surface area contributed by atoms with Crippen LogP contribution in [0, 0.1) is 5.41 Å². The Hall–Kier alpha value is -0.690. The lowest BCUT2D eigenvalue weighted by Gasteiger charge is -2.18. The first-order valence-electron chi connectivity index (χ1n) is 4.86. The highest BCUT2D eigenvalue weighted by Crippen LogP contribution is 2.20. The van der Waals surface area contributed by atoms with Gasteiger partial charge in [0, 0.05) is 5.02 Å². The molecule has 0 aromatic heterocycles. The molecule has 0 N–H and O–H groups in total. The molecule has 2 heteroatoms. The molecule has 0 aliphatic heterocycles. The Morgan fingerprint density at radius 1 is 1.14 bits per heavy atom. The van der Waals surface area contributed by atoms with Crippen LogP contribution in [-0.2, 0) is 0 Å². The zero-order valence-electron chi connectivity index (χ0n) is 9.01. The average molecular weight is 213 g/mol. The maximum Gasteiger partial charge on any atom is 0.119 e. The fourth-order valence-corrected chi connectivity index (χ4v) is 1.13. The van der Waals surface area contributed by atoms with Crippen LogP contribution in [0.25, 0.3) is 0 Å². The predicted molar refractivity (Wildman–Crippen MR) is 61.0 cm³/mol. The second-order valence-corrected chi connectivity index (χ2v) is 5.05. The lowest BCUT2D eigenvalue weighted by atomic mass is 9.93. The van der Waals surface area contributed by atoms with E-state index in [2.05, 4.69) is 20.8 Å². The zero-order chi connectivity index (χ0) is 10.6. The van der Waals surface area contributed by atoms with Crippen LogP contribution in [-0.4, -0.2) is 6.61 Å². The molecule has 1 aromatic carbocycles. The first kappa shape index (κ1) is 11.4. The standard InChI is InChI=1S/C12H17ClO/c1-12(2,3)8-9-14-11-6-4-10(13)5-7-11/h4-7H,8-9H2,1-3H3. The molecule has 0 aliphatic carbocycles. The minimum absolute atomic E-state index is 0.326. The van der Waals surface area contributed by atoms with E-state index in [0.29, 0.717) is 5.41 Å². The van der Waals surface area contributed by atoms with E-state index < -0.39 is 0 Å². The van der Waals surface area contributed by atoms with E-state index in [1.807, 2.05) is 24.3 Å². The molecular weight excluding hydrogens is 196 g/mol. The molecule has 0 atom stereocenters. The molecule has 1 rings (SSSR count). The maximum atomic E-state index is 5.76. The predicted octanol–water partition coefficient (Wildman–Crippen LogP) is 4.16. The van der Waals surface area contributed by atoms with Crippen molar-refractivity contribution in [3.05, 3.63) is 29.3 Å². The molecule has 0 saturated heterocycles. The van der Waals surface area contributed by atoms with Gasteiger partial charge in [-0.15, -0.1) is 0 Å². The number of hydrogen-bond acceptors (Lipinski definition) is 1. The SMILES string of the molecule is CC(C)(C)CCOc1ccc(Cl)cc1. The first-order valence-corrected chi connectivity index (χ1v) is 5.23. The van der Waals surface area contributed by atoms with Crippen LogP contribution in [0.5, 0.6) is 5.75 Å². The molecule has 0 bridgehead atoms. The van der Waals surface area contributed by atoms with Gasteiger partial charge in [-0.25, -0.2) is 0 Å². The quantitative estimate of drug-likeness (QED) is 0.731. The Kier molecular flexibility index (Phi) is 3.82. The normalized spacial score (nSPS) is 11.4. The van der Waals surface area contributed by atoms with Gasteiger partial charge >= 0.3 is 0 Å². The second kappa shape index (κ2) is 4.70. The molecule has 14 heavy (non-hydrogen) atoms. The van der Waals surface area contributed by atoms with E-state index in [9.17, 15) is 0 Å². The Bertz CT molecular complexity index is 271. The lowest BCUT2D eigenvalue weighted by molar-refractivity contribution is 0.243. The smallest absolute Gasteiger partial charge is 0.119 e. The third kappa shape index (κ3) is 4.52. The van der Waals surface area contributed by atoms with E-state index >= 15 is 0 Å². The highest BCUT2D eigenvalue weighted by atomic mass is 35.5. The van der Waals surface area contributed by atoms with Crippen molar-refractivity contribution in [2.75, 3.05) is 6.61 Å². The van der Waals surface area contributed by atoms with Gasteiger partial charge in [0.2, 0.25) is 0 Å². The molecule has 0 radical (unpaired) electrons. The number of hydrogen-bond donors (Lipinski definition) is 0. The van der Waals surface area contributed by atoms with E-state index in [1.165, 1.54) is 0 Å². The number of benzene rings is 1. The summed E-state index contributed by atoms with van der Waals surface area (Å²) in [7, 11) is 0. The molecular formula is C12H17ClO. The lowest BCUT2D eigenvalue weighted by Crippen LogP contribution is -2.10. The summed E-state index contributed by atoms with van der Waals surface area (Å²) < 4.78 is 5.58. The highest BCUT2D eigenvalue weighted by molar-refractivity contribution is 6.30. The van der Waals surface area contributed by atoms with Crippen LogP contribution in [0.3, 0.4) is 0 Å². The summed E-state index contributed by atoms with van der Waals surface area (Å²) in [6, 6.07) is 7.47. The van der Waals surface area contributed by atoms with Gasteiger partial charge in [0.1, 0.15) is 5.75 Å². The zero-order valence-corrected chi connectivity index (χ0v) is 9.77. The van der Waals surface area contributed by atoms with Gasteiger partial charge in [-0.05, 0) is 36.1 Å². The summed E-state index contributed by atoms with van der Waals surface area (Å²) in [5, 5.41) is 0.744. The summed E-state index contributed by atoms with van der Waals surface area (Å²) in [6.07, 6.45) is 1.05. The Morgan fingerprint density at radius 3 is 2.21 bits per heavy atom. The van der Waals surface area contributed by atoms with Crippen LogP contribution >= 0.6 is 11.6 Å². The second-order valence-electron chi connectivity index (χ2n) is 4.61. The van der Waals surface area contributed by atoms with Crippen LogP contribution < -0.4 is 4.74 Å². The van der Waals surface area contributed by atoms with Gasteiger partial charge in [-0.1, -0.05) is 32.4 Å². The summed E-state index contributed by atoms with van der Waals surface area (Å²) >= 11 is 5.76. The molecule has 0 heterocycles. The van der Waals surface area contributed by atoms with Crippen molar-refractivity contribution in [3.8, 4) is 5.75 Å². The molecule has 0 unspecified atom stereocenters. The summed E-state index contributed by atoms with van der Waals surface area (Å²) in [5.74, 6) is 0.888. The van der Waals surface area contributed by atoms with Gasteiger partial charge < -0.3 is 4.74 Å². The highest BCUT2D eigenvalue weighted by Gasteiger charge is 2.09. The van der Waals surface area contributed by atoms with Crippen molar-refractivity contribution in [1.29, 1.82) is 0 Å². The van der Waals surface area contributed by atoms with Crippen LogP contribution in [0.2, 0.25) is 5.02 Å². The molecule has 0 amide bonds. The van der Waals surface area contributed by atoms with E-state index in [0.717, 1.165) is 23.8 Å². The Morgan fingerprint density at radius 2 is 1.71 bits per heavy atom. The van der Waals surface area contributed by atoms with Gasteiger partial charge in [-0.2, -0.15) is 0 Å². The van der Waals surface area contributed by atoms with Crippen LogP contribution in [0.1, 0.15) is 27.2 Å². The monoisotopic (exact) mass is 212 g/mol. The number of halogens is 1. The van der Waals surface area contributed by atoms with Crippen LogP contribution in [0.15, 0.2) is 24.3 Å². The Labute approximate surface area is 91.0 Å². The third-order valence-electron chi connectivity index (χ3n) is 1.93. The molecule has 1 nitrogen and oxygen atoms in total. The molecule has 78 valence electrons. The Balaban J connectivity index is 2.35. The third-order valence-corrected chi connectivity index (χ3v) is 2.19. The molecule has 0 spiro atoms. The maximum absolute atomic E-state index is 5.76. The van der Waals surface area contributed by atoms with Crippen molar-refractivity contribution in [2.45, 2.75) is 27.2 Å². The van der Waals surface area contributed by atoms with E-state index in [1.54, 1.807) is 0 Å². The van der Waals surface area contributed by atoms with Gasteiger partial charge in [0.25, 0.3) is 0 Å². The average Bonchev–Trinajstić information content (AvgIpc) is 2.06. The summed E-state index contributed by atoms with van der Waals surface area (Å²) in [4.78, 5) is 0. The molecule has 0 fully saturated rings. The minimum Gasteiger partial charge on any atom is -0.494 e. The van der Waals surface area contributed by atoms with Crippen molar-refractivity contribution in [2.24, 2.45) is 5.41 Å². The minimum atomic E-state index is 0.326. The summed E-state index contributed by atoms with van der Waals surface area (Å²) in [5.41, 5.74) is 0.326. The van der Waals surface area contributed by atoms with E-state index in [-0.39, 0.29) is 0 Å². The number of ether oxygens (including phenoxy) is 1. The van der Waals surface area contributed by atoms with Crippen molar-refractivity contribution < 1.29 is 4.74 Å². The van der Waals surface area contributed by atoms with E-state index in [4.69, 9.17) is 16.3 Å². The molecule has 0 saturated carbocycles. The fraction of sp³-hybridized carbons (Fsp3) is 0.500. The molecule has 1 aromatic rings. The van der Waals surface area contributed by atoms with Crippen molar-refractivity contribution in [1.82, 2.24) is 0 Å². The first-order chi connectivity index (χ1) is 6.47. The number of rotatable bonds is 3.